The minimum absolute atomic E-state index is 0.186. The summed E-state index contributed by atoms with van der Waals surface area (Å²) in [4.78, 5) is 4.12. The highest BCUT2D eigenvalue weighted by atomic mass is 16.5. The van der Waals surface area contributed by atoms with Gasteiger partial charge >= 0.3 is 0 Å². The molecule has 0 saturated carbocycles. The predicted octanol–water partition coefficient (Wildman–Crippen LogP) is 2.81. The number of aromatic nitrogens is 1. The normalized spacial score (nSPS) is 11.4. The molecule has 0 aromatic carbocycles. The van der Waals surface area contributed by atoms with Gasteiger partial charge in [0.15, 0.2) is 0 Å². The average Bonchev–Trinajstić information content (AvgIpc) is 2.00. The fraction of sp³-hybridized carbons (Fsp3) is 0.545. The molecule has 0 spiro atoms. The molecule has 0 N–H and O–H groups in total. The van der Waals surface area contributed by atoms with Gasteiger partial charge in [0.1, 0.15) is 0 Å². The van der Waals surface area contributed by atoms with Crippen LogP contribution in [0.3, 0.4) is 0 Å². The van der Waals surface area contributed by atoms with E-state index in [4.69, 9.17) is 4.74 Å². The van der Waals surface area contributed by atoms with Crippen LogP contribution in [0.25, 0.3) is 0 Å². The molecule has 1 rings (SSSR count). The summed E-state index contributed by atoms with van der Waals surface area (Å²) in [6, 6.07) is 3.91. The standard InChI is InChI=1S/C11H17NO/c1-9-5-6-12-10(7-9)13-8-11(2,3)4/h5-7H,8H2,1-4H3. The Bertz CT molecular complexity index is 276. The lowest BCUT2D eigenvalue weighted by atomic mass is 9.99. The van der Waals surface area contributed by atoms with Gasteiger partial charge in [-0.05, 0) is 24.0 Å². The van der Waals surface area contributed by atoms with Gasteiger partial charge in [-0.15, -0.1) is 0 Å². The Morgan fingerprint density at radius 1 is 1.38 bits per heavy atom. The molecule has 0 aliphatic carbocycles. The van der Waals surface area contributed by atoms with Crippen molar-refractivity contribution < 1.29 is 4.74 Å². The maximum atomic E-state index is 5.54. The Balaban J connectivity index is 2.55. The lowest BCUT2D eigenvalue weighted by Gasteiger charge is -2.18. The summed E-state index contributed by atoms with van der Waals surface area (Å²) < 4.78 is 5.54. The summed E-state index contributed by atoms with van der Waals surface area (Å²) in [7, 11) is 0. The highest BCUT2D eigenvalue weighted by Crippen LogP contribution is 2.16. The van der Waals surface area contributed by atoms with Gasteiger partial charge in [-0.2, -0.15) is 0 Å². The molecule has 1 heterocycles. The van der Waals surface area contributed by atoms with Crippen LogP contribution < -0.4 is 4.74 Å². The van der Waals surface area contributed by atoms with Crippen LogP contribution in [0.15, 0.2) is 18.3 Å². The minimum atomic E-state index is 0.186. The van der Waals surface area contributed by atoms with Crippen LogP contribution >= 0.6 is 0 Å². The molecule has 2 heteroatoms. The number of aryl methyl sites for hydroxylation is 1. The van der Waals surface area contributed by atoms with Crippen LogP contribution in [0.1, 0.15) is 26.3 Å². The van der Waals surface area contributed by atoms with Gasteiger partial charge < -0.3 is 4.74 Å². The van der Waals surface area contributed by atoms with Crippen molar-refractivity contribution >= 4 is 0 Å². The summed E-state index contributed by atoms with van der Waals surface area (Å²) >= 11 is 0. The Morgan fingerprint density at radius 3 is 2.62 bits per heavy atom. The Morgan fingerprint density at radius 2 is 2.08 bits per heavy atom. The van der Waals surface area contributed by atoms with Crippen molar-refractivity contribution in [3.05, 3.63) is 23.9 Å². The van der Waals surface area contributed by atoms with Crippen LogP contribution in [-0.4, -0.2) is 11.6 Å². The summed E-state index contributed by atoms with van der Waals surface area (Å²) in [5.74, 6) is 0.718. The summed E-state index contributed by atoms with van der Waals surface area (Å²) in [5, 5.41) is 0. The van der Waals surface area contributed by atoms with Crippen molar-refractivity contribution in [2.75, 3.05) is 6.61 Å². The molecule has 0 aliphatic heterocycles. The third-order valence-electron chi connectivity index (χ3n) is 1.54. The predicted molar refractivity (Wildman–Crippen MR) is 53.9 cm³/mol. The van der Waals surface area contributed by atoms with E-state index >= 15 is 0 Å². The van der Waals surface area contributed by atoms with E-state index in [1.165, 1.54) is 5.56 Å². The summed E-state index contributed by atoms with van der Waals surface area (Å²) in [5.41, 5.74) is 1.37. The van der Waals surface area contributed by atoms with Crippen molar-refractivity contribution in [2.45, 2.75) is 27.7 Å². The molecule has 0 aliphatic rings. The van der Waals surface area contributed by atoms with Crippen molar-refractivity contribution in [3.63, 3.8) is 0 Å². The van der Waals surface area contributed by atoms with Crippen molar-refractivity contribution in [3.8, 4) is 5.88 Å². The molecular formula is C11H17NO. The Labute approximate surface area is 80.0 Å². The fourth-order valence-electron chi connectivity index (χ4n) is 0.878. The summed E-state index contributed by atoms with van der Waals surface area (Å²) in [6.45, 7) is 9.16. The lowest BCUT2D eigenvalue weighted by molar-refractivity contribution is 0.191. The van der Waals surface area contributed by atoms with Gasteiger partial charge in [0.05, 0.1) is 6.61 Å². The van der Waals surface area contributed by atoms with Crippen LogP contribution in [0.4, 0.5) is 0 Å². The van der Waals surface area contributed by atoms with Crippen LogP contribution in [0.2, 0.25) is 0 Å². The first-order chi connectivity index (χ1) is 5.97. The second kappa shape index (κ2) is 3.77. The van der Waals surface area contributed by atoms with E-state index in [2.05, 4.69) is 25.8 Å². The largest absolute Gasteiger partial charge is 0.477 e. The van der Waals surface area contributed by atoms with E-state index in [1.807, 2.05) is 19.1 Å². The highest BCUT2D eigenvalue weighted by molar-refractivity contribution is 5.18. The van der Waals surface area contributed by atoms with Gasteiger partial charge in [-0.25, -0.2) is 4.98 Å². The van der Waals surface area contributed by atoms with E-state index in [0.717, 1.165) is 5.88 Å². The van der Waals surface area contributed by atoms with Gasteiger partial charge in [0.2, 0.25) is 5.88 Å². The lowest BCUT2D eigenvalue weighted by Crippen LogP contribution is -2.17. The first-order valence-corrected chi connectivity index (χ1v) is 4.53. The number of hydrogen-bond acceptors (Lipinski definition) is 2. The maximum absolute atomic E-state index is 5.54. The average molecular weight is 179 g/mol. The number of rotatable bonds is 2. The van der Waals surface area contributed by atoms with E-state index in [-0.39, 0.29) is 5.41 Å². The third-order valence-corrected chi connectivity index (χ3v) is 1.54. The first-order valence-electron chi connectivity index (χ1n) is 4.53. The van der Waals surface area contributed by atoms with Gasteiger partial charge in [-0.3, -0.25) is 0 Å². The first kappa shape index (κ1) is 10.0. The number of nitrogens with zero attached hydrogens (tertiary/aromatic N) is 1. The second-order valence-corrected chi connectivity index (χ2v) is 4.52. The van der Waals surface area contributed by atoms with Crippen molar-refractivity contribution in [2.24, 2.45) is 5.41 Å². The molecule has 0 amide bonds. The zero-order valence-electron chi connectivity index (χ0n) is 8.79. The van der Waals surface area contributed by atoms with Crippen LogP contribution in [0.5, 0.6) is 5.88 Å². The van der Waals surface area contributed by atoms with E-state index < -0.39 is 0 Å². The molecule has 1 aromatic rings. The molecule has 2 nitrogen and oxygen atoms in total. The molecule has 72 valence electrons. The number of ether oxygens (including phenoxy) is 1. The minimum Gasteiger partial charge on any atom is -0.477 e. The van der Waals surface area contributed by atoms with E-state index in [1.54, 1.807) is 6.20 Å². The van der Waals surface area contributed by atoms with Gasteiger partial charge in [0, 0.05) is 12.3 Å². The highest BCUT2D eigenvalue weighted by Gasteiger charge is 2.11. The molecule has 0 atom stereocenters. The zero-order valence-corrected chi connectivity index (χ0v) is 8.79. The van der Waals surface area contributed by atoms with Gasteiger partial charge in [-0.1, -0.05) is 20.8 Å². The Hall–Kier alpha value is -1.05. The van der Waals surface area contributed by atoms with E-state index in [0.29, 0.717) is 6.61 Å². The fourth-order valence-corrected chi connectivity index (χ4v) is 0.878. The number of hydrogen-bond donors (Lipinski definition) is 0. The third kappa shape index (κ3) is 3.92. The smallest absolute Gasteiger partial charge is 0.213 e. The van der Waals surface area contributed by atoms with Crippen LogP contribution in [-0.2, 0) is 0 Å². The zero-order chi connectivity index (χ0) is 9.90. The Kier molecular flexibility index (Phi) is 2.91. The monoisotopic (exact) mass is 179 g/mol. The summed E-state index contributed by atoms with van der Waals surface area (Å²) in [6.07, 6.45) is 1.77. The van der Waals surface area contributed by atoms with Gasteiger partial charge in [0.25, 0.3) is 0 Å². The molecule has 0 radical (unpaired) electrons. The maximum Gasteiger partial charge on any atom is 0.213 e. The molecule has 0 fully saturated rings. The molecule has 0 bridgehead atoms. The SMILES string of the molecule is Cc1ccnc(OCC(C)(C)C)c1. The van der Waals surface area contributed by atoms with E-state index in [9.17, 15) is 0 Å². The second-order valence-electron chi connectivity index (χ2n) is 4.52. The van der Waals surface area contributed by atoms with Crippen LogP contribution in [0, 0.1) is 12.3 Å². The molecule has 0 unspecified atom stereocenters. The molecule has 0 saturated heterocycles. The quantitative estimate of drug-likeness (QED) is 0.696. The number of pyridine rings is 1. The topological polar surface area (TPSA) is 22.1 Å². The van der Waals surface area contributed by atoms with Crippen molar-refractivity contribution in [1.29, 1.82) is 0 Å². The van der Waals surface area contributed by atoms with Crippen molar-refractivity contribution in [1.82, 2.24) is 4.98 Å². The molecule has 13 heavy (non-hydrogen) atoms. The molecule has 1 aromatic heterocycles. The molecular weight excluding hydrogens is 162 g/mol.